The zero-order chi connectivity index (χ0) is 12.9. The van der Waals surface area contributed by atoms with Crippen molar-refractivity contribution in [2.45, 2.75) is 50.8 Å². The van der Waals surface area contributed by atoms with Crippen LogP contribution < -0.4 is 0 Å². The van der Waals surface area contributed by atoms with Crippen molar-refractivity contribution < 1.29 is 8.42 Å². The fraction of sp³-hybridized carbons (Fsp3) is 0.571. The lowest BCUT2D eigenvalue weighted by Gasteiger charge is -2.11. The topological polar surface area (TPSA) is 34.1 Å². The van der Waals surface area contributed by atoms with Crippen LogP contribution in [0, 0.1) is 0 Å². The summed E-state index contributed by atoms with van der Waals surface area (Å²) in [5.74, 6) is 0.672. The molecule has 0 amide bonds. The van der Waals surface area contributed by atoms with E-state index in [9.17, 15) is 8.42 Å². The maximum atomic E-state index is 11.7. The highest BCUT2D eigenvalue weighted by Crippen LogP contribution is 2.23. The standard InChI is InChI=1S/C14H22O2S/c1-4-6-7-12(3)13-8-10-14(11-9-13)17(15,16)5-2/h8-12H,4-7H2,1-3H3. The van der Waals surface area contributed by atoms with Gasteiger partial charge in [0, 0.05) is 0 Å². The Morgan fingerprint density at radius 2 is 1.71 bits per heavy atom. The van der Waals surface area contributed by atoms with Crippen LogP contribution in [-0.2, 0) is 9.84 Å². The summed E-state index contributed by atoms with van der Waals surface area (Å²) in [5, 5.41) is 0. The largest absolute Gasteiger partial charge is 0.224 e. The van der Waals surface area contributed by atoms with Crippen LogP contribution >= 0.6 is 0 Å². The molecule has 0 aliphatic rings. The van der Waals surface area contributed by atoms with E-state index in [0.717, 1.165) is 6.42 Å². The maximum Gasteiger partial charge on any atom is 0.178 e. The highest BCUT2D eigenvalue weighted by atomic mass is 32.2. The molecule has 0 fully saturated rings. The van der Waals surface area contributed by atoms with Gasteiger partial charge in [-0.1, -0.05) is 45.7 Å². The van der Waals surface area contributed by atoms with Crippen molar-refractivity contribution in [2.24, 2.45) is 0 Å². The molecule has 1 atom stereocenters. The van der Waals surface area contributed by atoms with Gasteiger partial charge in [-0.05, 0) is 30.0 Å². The van der Waals surface area contributed by atoms with E-state index in [1.165, 1.54) is 18.4 Å². The first kappa shape index (κ1) is 14.2. The summed E-state index contributed by atoms with van der Waals surface area (Å²) >= 11 is 0. The van der Waals surface area contributed by atoms with E-state index in [1.807, 2.05) is 12.1 Å². The van der Waals surface area contributed by atoms with E-state index in [2.05, 4.69) is 13.8 Å². The molecule has 0 aromatic heterocycles. The molecular weight excluding hydrogens is 232 g/mol. The minimum absolute atomic E-state index is 0.164. The van der Waals surface area contributed by atoms with E-state index < -0.39 is 9.84 Å². The molecule has 0 heterocycles. The van der Waals surface area contributed by atoms with Gasteiger partial charge in [-0.15, -0.1) is 0 Å². The smallest absolute Gasteiger partial charge is 0.178 e. The second-order valence-electron chi connectivity index (χ2n) is 4.52. The van der Waals surface area contributed by atoms with Gasteiger partial charge in [0.05, 0.1) is 10.6 Å². The monoisotopic (exact) mass is 254 g/mol. The molecule has 1 rings (SSSR count). The Bertz CT molecular complexity index is 432. The molecule has 2 nitrogen and oxygen atoms in total. The minimum atomic E-state index is -3.06. The molecule has 0 radical (unpaired) electrons. The van der Waals surface area contributed by atoms with Crippen molar-refractivity contribution in [2.75, 3.05) is 5.75 Å². The molecule has 1 aromatic carbocycles. The van der Waals surface area contributed by atoms with Crippen LogP contribution in [0.3, 0.4) is 0 Å². The second-order valence-corrected chi connectivity index (χ2v) is 6.79. The second kappa shape index (κ2) is 6.20. The van der Waals surface area contributed by atoms with Gasteiger partial charge in [0.1, 0.15) is 0 Å². The van der Waals surface area contributed by atoms with Crippen molar-refractivity contribution in [3.05, 3.63) is 29.8 Å². The molecule has 3 heteroatoms. The fourth-order valence-corrected chi connectivity index (χ4v) is 2.73. The Morgan fingerprint density at radius 3 is 2.18 bits per heavy atom. The van der Waals surface area contributed by atoms with Crippen LogP contribution in [0.15, 0.2) is 29.2 Å². The molecule has 0 spiro atoms. The Balaban J connectivity index is 2.81. The van der Waals surface area contributed by atoms with Crippen LogP contribution in [0.5, 0.6) is 0 Å². The summed E-state index contributed by atoms with van der Waals surface area (Å²) in [6.45, 7) is 6.05. The molecule has 0 saturated carbocycles. The summed E-state index contributed by atoms with van der Waals surface area (Å²) in [7, 11) is -3.06. The molecule has 96 valence electrons. The summed E-state index contributed by atoms with van der Waals surface area (Å²) in [4.78, 5) is 0.437. The molecule has 0 aliphatic heterocycles. The normalized spacial score (nSPS) is 13.6. The quantitative estimate of drug-likeness (QED) is 0.774. The third kappa shape index (κ3) is 3.84. The van der Waals surface area contributed by atoms with E-state index >= 15 is 0 Å². The Kier molecular flexibility index (Phi) is 5.19. The lowest BCUT2D eigenvalue weighted by atomic mass is 9.96. The third-order valence-corrected chi connectivity index (χ3v) is 4.93. The Hall–Kier alpha value is -0.830. The predicted octanol–water partition coefficient (Wildman–Crippen LogP) is 3.77. The molecule has 0 bridgehead atoms. The van der Waals surface area contributed by atoms with Gasteiger partial charge in [-0.2, -0.15) is 0 Å². The maximum absolute atomic E-state index is 11.7. The number of unbranched alkanes of at least 4 members (excludes halogenated alkanes) is 1. The summed E-state index contributed by atoms with van der Waals surface area (Å²) in [5.41, 5.74) is 1.23. The molecule has 17 heavy (non-hydrogen) atoms. The van der Waals surface area contributed by atoms with E-state index in [-0.39, 0.29) is 5.75 Å². The van der Waals surface area contributed by atoms with Gasteiger partial charge in [0.2, 0.25) is 0 Å². The van der Waals surface area contributed by atoms with Crippen LogP contribution in [0.2, 0.25) is 0 Å². The van der Waals surface area contributed by atoms with E-state index in [0.29, 0.717) is 10.8 Å². The molecular formula is C14H22O2S. The van der Waals surface area contributed by atoms with Crippen LogP contribution in [-0.4, -0.2) is 14.2 Å². The summed E-state index contributed by atoms with van der Waals surface area (Å²) in [6, 6.07) is 7.36. The minimum Gasteiger partial charge on any atom is -0.224 e. The number of benzene rings is 1. The number of sulfone groups is 1. The Labute approximate surface area is 105 Å². The van der Waals surface area contributed by atoms with Crippen molar-refractivity contribution in [1.82, 2.24) is 0 Å². The highest BCUT2D eigenvalue weighted by molar-refractivity contribution is 7.91. The zero-order valence-electron chi connectivity index (χ0n) is 10.9. The molecule has 0 saturated heterocycles. The van der Waals surface area contributed by atoms with Crippen LogP contribution in [0.1, 0.15) is 51.5 Å². The van der Waals surface area contributed by atoms with Gasteiger partial charge in [-0.25, -0.2) is 8.42 Å². The van der Waals surface area contributed by atoms with Crippen molar-refractivity contribution in [3.63, 3.8) is 0 Å². The first-order valence-corrected chi connectivity index (χ1v) is 7.99. The van der Waals surface area contributed by atoms with Gasteiger partial charge in [-0.3, -0.25) is 0 Å². The van der Waals surface area contributed by atoms with Crippen LogP contribution in [0.25, 0.3) is 0 Å². The molecule has 0 N–H and O–H groups in total. The first-order chi connectivity index (χ1) is 8.01. The van der Waals surface area contributed by atoms with Gasteiger partial charge < -0.3 is 0 Å². The molecule has 1 unspecified atom stereocenters. The average Bonchev–Trinajstić information content (AvgIpc) is 2.36. The third-order valence-electron chi connectivity index (χ3n) is 3.18. The number of hydrogen-bond acceptors (Lipinski definition) is 2. The number of rotatable bonds is 6. The highest BCUT2D eigenvalue weighted by Gasteiger charge is 2.12. The van der Waals surface area contributed by atoms with Gasteiger partial charge >= 0.3 is 0 Å². The van der Waals surface area contributed by atoms with Gasteiger partial charge in [0.15, 0.2) is 9.84 Å². The number of hydrogen-bond donors (Lipinski definition) is 0. The fourth-order valence-electron chi connectivity index (χ4n) is 1.85. The predicted molar refractivity (Wildman–Crippen MR) is 72.1 cm³/mol. The van der Waals surface area contributed by atoms with E-state index in [1.54, 1.807) is 19.1 Å². The lowest BCUT2D eigenvalue weighted by Crippen LogP contribution is -2.04. The van der Waals surface area contributed by atoms with Crippen LogP contribution in [0.4, 0.5) is 0 Å². The SMILES string of the molecule is CCCCC(C)c1ccc(S(=O)(=O)CC)cc1. The van der Waals surface area contributed by atoms with Crippen molar-refractivity contribution in [1.29, 1.82) is 0 Å². The van der Waals surface area contributed by atoms with Gasteiger partial charge in [0.25, 0.3) is 0 Å². The van der Waals surface area contributed by atoms with Crippen molar-refractivity contribution >= 4 is 9.84 Å². The van der Waals surface area contributed by atoms with Crippen molar-refractivity contribution in [3.8, 4) is 0 Å². The average molecular weight is 254 g/mol. The summed E-state index contributed by atoms with van der Waals surface area (Å²) < 4.78 is 23.3. The molecule has 1 aromatic rings. The lowest BCUT2D eigenvalue weighted by molar-refractivity contribution is 0.596. The van der Waals surface area contributed by atoms with E-state index in [4.69, 9.17) is 0 Å². The summed E-state index contributed by atoms with van der Waals surface area (Å²) in [6.07, 6.45) is 3.58. The first-order valence-electron chi connectivity index (χ1n) is 6.34. The Morgan fingerprint density at radius 1 is 1.12 bits per heavy atom. The zero-order valence-corrected chi connectivity index (χ0v) is 11.8. The molecule has 0 aliphatic carbocycles.